The molecule has 0 aromatic carbocycles. The second-order valence-electron chi connectivity index (χ2n) is 5.20. The van der Waals surface area contributed by atoms with E-state index in [1.165, 1.54) is 38.5 Å². The zero-order valence-electron chi connectivity index (χ0n) is 9.32. The molecule has 1 saturated carbocycles. The summed E-state index contributed by atoms with van der Waals surface area (Å²) in [4.78, 5) is 0. The van der Waals surface area contributed by atoms with Crippen LogP contribution in [0.4, 0.5) is 0 Å². The van der Waals surface area contributed by atoms with Gasteiger partial charge in [0.1, 0.15) is 0 Å². The highest BCUT2D eigenvalue weighted by molar-refractivity contribution is 5.02. The van der Waals surface area contributed by atoms with E-state index in [-0.39, 0.29) is 0 Å². The SMILES string of the molecule is C1=CC(NC2CCOC2C2CC2)CCC1. The van der Waals surface area contributed by atoms with Gasteiger partial charge in [0.2, 0.25) is 0 Å². The lowest BCUT2D eigenvalue weighted by Gasteiger charge is -2.26. The molecule has 0 amide bonds. The van der Waals surface area contributed by atoms with E-state index < -0.39 is 0 Å². The Bertz CT molecular complexity index is 247. The smallest absolute Gasteiger partial charge is 0.0757 e. The molecule has 84 valence electrons. The van der Waals surface area contributed by atoms with Gasteiger partial charge in [-0.05, 0) is 44.4 Å². The van der Waals surface area contributed by atoms with E-state index in [0.29, 0.717) is 18.2 Å². The van der Waals surface area contributed by atoms with E-state index in [9.17, 15) is 0 Å². The predicted molar refractivity (Wildman–Crippen MR) is 60.8 cm³/mol. The molecule has 3 rings (SSSR count). The van der Waals surface area contributed by atoms with E-state index in [1.807, 2.05) is 0 Å². The standard InChI is InChI=1S/C13H21NO/c1-2-4-11(5-3-1)14-12-8-9-15-13(12)10-6-7-10/h2,4,10-14H,1,3,5-9H2. The third kappa shape index (κ3) is 2.26. The molecule has 2 heteroatoms. The molecule has 0 aromatic heterocycles. The number of ether oxygens (including phenoxy) is 1. The molecule has 15 heavy (non-hydrogen) atoms. The van der Waals surface area contributed by atoms with Gasteiger partial charge in [-0.1, -0.05) is 12.2 Å². The van der Waals surface area contributed by atoms with Crippen molar-refractivity contribution in [3.8, 4) is 0 Å². The average Bonchev–Trinajstić information content (AvgIpc) is 3.02. The molecule has 0 bridgehead atoms. The fourth-order valence-corrected chi connectivity index (χ4v) is 2.91. The number of allylic oxidation sites excluding steroid dienone is 1. The maximum Gasteiger partial charge on any atom is 0.0757 e. The number of nitrogens with one attached hydrogen (secondary N) is 1. The molecule has 2 fully saturated rings. The lowest BCUT2D eigenvalue weighted by Crippen LogP contribution is -2.43. The molecule has 3 aliphatic rings. The Morgan fingerprint density at radius 3 is 2.80 bits per heavy atom. The average molecular weight is 207 g/mol. The van der Waals surface area contributed by atoms with E-state index in [1.54, 1.807) is 0 Å². The van der Waals surface area contributed by atoms with Crippen molar-refractivity contribution in [2.45, 2.75) is 56.7 Å². The van der Waals surface area contributed by atoms with E-state index in [2.05, 4.69) is 17.5 Å². The molecular weight excluding hydrogens is 186 g/mol. The topological polar surface area (TPSA) is 21.3 Å². The van der Waals surface area contributed by atoms with Crippen LogP contribution >= 0.6 is 0 Å². The molecule has 0 spiro atoms. The van der Waals surface area contributed by atoms with Gasteiger partial charge in [0.05, 0.1) is 6.10 Å². The van der Waals surface area contributed by atoms with Crippen molar-refractivity contribution < 1.29 is 4.74 Å². The summed E-state index contributed by atoms with van der Waals surface area (Å²) >= 11 is 0. The fraction of sp³-hybridized carbons (Fsp3) is 0.846. The quantitative estimate of drug-likeness (QED) is 0.717. The first-order valence-electron chi connectivity index (χ1n) is 6.48. The van der Waals surface area contributed by atoms with Crippen molar-refractivity contribution in [2.24, 2.45) is 5.92 Å². The van der Waals surface area contributed by atoms with Crippen LogP contribution in [0.1, 0.15) is 38.5 Å². The van der Waals surface area contributed by atoms with Gasteiger partial charge in [0, 0.05) is 18.7 Å². The van der Waals surface area contributed by atoms with Gasteiger partial charge in [-0.3, -0.25) is 0 Å². The molecule has 0 radical (unpaired) electrons. The summed E-state index contributed by atoms with van der Waals surface area (Å²) in [6.07, 6.45) is 13.1. The fourth-order valence-electron chi connectivity index (χ4n) is 2.91. The summed E-state index contributed by atoms with van der Waals surface area (Å²) in [5.41, 5.74) is 0. The minimum atomic E-state index is 0.528. The van der Waals surface area contributed by atoms with Gasteiger partial charge < -0.3 is 10.1 Å². The van der Waals surface area contributed by atoms with Gasteiger partial charge in [-0.15, -0.1) is 0 Å². The molecule has 2 aliphatic carbocycles. The molecule has 1 saturated heterocycles. The minimum Gasteiger partial charge on any atom is -0.376 e. The Morgan fingerprint density at radius 1 is 1.13 bits per heavy atom. The lowest BCUT2D eigenvalue weighted by atomic mass is 9.99. The summed E-state index contributed by atoms with van der Waals surface area (Å²) in [5, 5.41) is 3.78. The second kappa shape index (κ2) is 4.26. The first-order chi connectivity index (χ1) is 7.43. The third-order valence-corrected chi connectivity index (χ3v) is 3.90. The molecule has 0 aromatic rings. The maximum absolute atomic E-state index is 5.84. The van der Waals surface area contributed by atoms with Crippen molar-refractivity contribution >= 4 is 0 Å². The molecule has 3 unspecified atom stereocenters. The number of hydrogen-bond acceptors (Lipinski definition) is 2. The van der Waals surface area contributed by atoms with Gasteiger partial charge in [0.15, 0.2) is 0 Å². The summed E-state index contributed by atoms with van der Waals surface area (Å²) in [6.45, 7) is 0.968. The maximum atomic E-state index is 5.84. The number of hydrogen-bond donors (Lipinski definition) is 1. The number of rotatable bonds is 3. The Morgan fingerprint density at radius 2 is 2.07 bits per heavy atom. The van der Waals surface area contributed by atoms with Crippen LogP contribution in [-0.4, -0.2) is 24.8 Å². The van der Waals surface area contributed by atoms with Crippen molar-refractivity contribution in [2.75, 3.05) is 6.61 Å². The summed E-state index contributed by atoms with van der Waals surface area (Å²) in [7, 11) is 0. The van der Waals surface area contributed by atoms with E-state index in [0.717, 1.165) is 12.5 Å². The van der Waals surface area contributed by atoms with Gasteiger partial charge in [-0.25, -0.2) is 0 Å². The molecule has 2 nitrogen and oxygen atoms in total. The Kier molecular flexibility index (Phi) is 2.80. The summed E-state index contributed by atoms with van der Waals surface area (Å²) < 4.78 is 5.84. The van der Waals surface area contributed by atoms with E-state index >= 15 is 0 Å². The van der Waals surface area contributed by atoms with Crippen LogP contribution in [0, 0.1) is 5.92 Å². The van der Waals surface area contributed by atoms with Crippen LogP contribution < -0.4 is 5.32 Å². The van der Waals surface area contributed by atoms with Crippen LogP contribution in [-0.2, 0) is 4.74 Å². The lowest BCUT2D eigenvalue weighted by molar-refractivity contribution is 0.0796. The third-order valence-electron chi connectivity index (χ3n) is 3.90. The highest BCUT2D eigenvalue weighted by Crippen LogP contribution is 2.39. The molecule has 1 aliphatic heterocycles. The van der Waals surface area contributed by atoms with Crippen molar-refractivity contribution in [1.29, 1.82) is 0 Å². The molecule has 1 N–H and O–H groups in total. The summed E-state index contributed by atoms with van der Waals surface area (Å²) in [5.74, 6) is 0.873. The van der Waals surface area contributed by atoms with Gasteiger partial charge in [-0.2, -0.15) is 0 Å². The zero-order chi connectivity index (χ0) is 10.1. The molecular formula is C13H21NO. The predicted octanol–water partition coefficient (Wildman–Crippen LogP) is 2.25. The second-order valence-corrected chi connectivity index (χ2v) is 5.20. The Hall–Kier alpha value is -0.340. The highest BCUT2D eigenvalue weighted by atomic mass is 16.5. The highest BCUT2D eigenvalue weighted by Gasteiger charge is 2.40. The van der Waals surface area contributed by atoms with Crippen LogP contribution in [0.3, 0.4) is 0 Å². The van der Waals surface area contributed by atoms with Crippen LogP contribution in [0.25, 0.3) is 0 Å². The van der Waals surface area contributed by atoms with Gasteiger partial charge in [0.25, 0.3) is 0 Å². The first-order valence-corrected chi connectivity index (χ1v) is 6.48. The largest absolute Gasteiger partial charge is 0.376 e. The van der Waals surface area contributed by atoms with Crippen LogP contribution in [0.2, 0.25) is 0 Å². The van der Waals surface area contributed by atoms with Crippen molar-refractivity contribution in [1.82, 2.24) is 5.32 Å². The van der Waals surface area contributed by atoms with Crippen molar-refractivity contribution in [3.63, 3.8) is 0 Å². The Balaban J connectivity index is 1.56. The van der Waals surface area contributed by atoms with Crippen LogP contribution in [0.5, 0.6) is 0 Å². The van der Waals surface area contributed by atoms with Gasteiger partial charge >= 0.3 is 0 Å². The molecule has 1 heterocycles. The van der Waals surface area contributed by atoms with Crippen LogP contribution in [0.15, 0.2) is 12.2 Å². The van der Waals surface area contributed by atoms with E-state index in [4.69, 9.17) is 4.74 Å². The zero-order valence-corrected chi connectivity index (χ0v) is 9.32. The first kappa shape index (κ1) is 9.86. The summed E-state index contributed by atoms with van der Waals surface area (Å²) in [6, 6.07) is 1.25. The molecule has 3 atom stereocenters. The normalized spacial score (nSPS) is 40.9. The monoisotopic (exact) mass is 207 g/mol. The minimum absolute atomic E-state index is 0.528. The van der Waals surface area contributed by atoms with Crippen molar-refractivity contribution in [3.05, 3.63) is 12.2 Å². The Labute approximate surface area is 92.1 Å².